The van der Waals surface area contributed by atoms with Crippen LogP contribution in [-0.4, -0.2) is 23.8 Å². The minimum absolute atomic E-state index is 0.0499. The van der Waals surface area contributed by atoms with Gasteiger partial charge in [0.2, 0.25) is 0 Å². The lowest BCUT2D eigenvalue weighted by Crippen LogP contribution is -2.45. The molecular formula is C15H21NO. The number of nitrogens with one attached hydrogen (secondary N) is 1. The third-order valence-electron chi connectivity index (χ3n) is 4.26. The lowest BCUT2D eigenvalue weighted by Gasteiger charge is -2.34. The second-order valence-electron chi connectivity index (χ2n) is 5.52. The molecule has 1 aromatic carbocycles. The van der Waals surface area contributed by atoms with Crippen LogP contribution in [0.25, 0.3) is 0 Å². The smallest absolute Gasteiger partial charge is 0.0570 e. The molecule has 3 rings (SSSR count). The lowest BCUT2D eigenvalue weighted by atomic mass is 9.82. The molecule has 2 aliphatic rings. The third-order valence-corrected chi connectivity index (χ3v) is 4.26. The van der Waals surface area contributed by atoms with Crippen molar-refractivity contribution in [3.8, 4) is 0 Å². The minimum atomic E-state index is -0.0499. The number of hydrogen-bond acceptors (Lipinski definition) is 2. The summed E-state index contributed by atoms with van der Waals surface area (Å²) in [6.45, 7) is 1.08. The first kappa shape index (κ1) is 11.2. The summed E-state index contributed by atoms with van der Waals surface area (Å²) < 4.78 is 0. The number of fused-ring (bicyclic) bond motifs is 1. The Labute approximate surface area is 103 Å². The van der Waals surface area contributed by atoms with Gasteiger partial charge in [0, 0.05) is 12.6 Å². The molecule has 2 nitrogen and oxygen atoms in total. The summed E-state index contributed by atoms with van der Waals surface area (Å²) in [4.78, 5) is 0. The van der Waals surface area contributed by atoms with Crippen LogP contribution in [0.15, 0.2) is 24.3 Å². The van der Waals surface area contributed by atoms with Gasteiger partial charge in [0.1, 0.15) is 0 Å². The van der Waals surface area contributed by atoms with Gasteiger partial charge >= 0.3 is 0 Å². The van der Waals surface area contributed by atoms with Crippen molar-refractivity contribution in [3.63, 3.8) is 0 Å². The van der Waals surface area contributed by atoms with E-state index in [9.17, 15) is 5.11 Å². The van der Waals surface area contributed by atoms with Gasteiger partial charge in [0.25, 0.3) is 0 Å². The highest BCUT2D eigenvalue weighted by Gasteiger charge is 2.28. The maximum atomic E-state index is 9.27. The van der Waals surface area contributed by atoms with Crippen molar-refractivity contribution in [2.45, 2.75) is 50.2 Å². The number of aliphatic hydroxyl groups is 1. The number of benzene rings is 1. The maximum Gasteiger partial charge on any atom is 0.0570 e. The normalized spacial score (nSPS) is 31.7. The van der Waals surface area contributed by atoms with Gasteiger partial charge in [-0.1, -0.05) is 24.3 Å². The van der Waals surface area contributed by atoms with Crippen LogP contribution in [-0.2, 0) is 6.42 Å². The average molecular weight is 231 g/mol. The SMILES string of the molecule is OC1CC(NCC2CCCc3ccccc32)C1. The third kappa shape index (κ3) is 2.38. The van der Waals surface area contributed by atoms with Crippen LogP contribution in [0.1, 0.15) is 42.7 Å². The van der Waals surface area contributed by atoms with E-state index < -0.39 is 0 Å². The number of hydrogen-bond donors (Lipinski definition) is 2. The van der Waals surface area contributed by atoms with Crippen molar-refractivity contribution in [3.05, 3.63) is 35.4 Å². The topological polar surface area (TPSA) is 32.3 Å². The Morgan fingerprint density at radius 1 is 1.24 bits per heavy atom. The fraction of sp³-hybridized carbons (Fsp3) is 0.600. The fourth-order valence-corrected chi connectivity index (χ4v) is 3.13. The predicted octanol–water partition coefficient (Wildman–Crippen LogP) is 2.22. The predicted molar refractivity (Wildman–Crippen MR) is 69.2 cm³/mol. The first-order chi connectivity index (χ1) is 8.33. The molecular weight excluding hydrogens is 210 g/mol. The standard InChI is InChI=1S/C15H21NO/c17-14-8-13(9-14)16-10-12-6-3-5-11-4-1-2-7-15(11)12/h1-2,4,7,12-14,16-17H,3,5-6,8-10H2. The monoisotopic (exact) mass is 231 g/mol. The second kappa shape index (κ2) is 4.79. The van der Waals surface area contributed by atoms with E-state index in [1.165, 1.54) is 19.3 Å². The molecule has 1 fully saturated rings. The minimum Gasteiger partial charge on any atom is -0.393 e. The van der Waals surface area contributed by atoms with Crippen LogP contribution in [0.3, 0.4) is 0 Å². The summed E-state index contributed by atoms with van der Waals surface area (Å²) in [5.74, 6) is 0.678. The van der Waals surface area contributed by atoms with Crippen LogP contribution < -0.4 is 5.32 Å². The summed E-state index contributed by atoms with van der Waals surface area (Å²) >= 11 is 0. The fourth-order valence-electron chi connectivity index (χ4n) is 3.13. The molecule has 1 aromatic rings. The molecule has 1 atom stereocenters. The Morgan fingerprint density at radius 3 is 2.88 bits per heavy atom. The molecule has 1 unspecified atom stereocenters. The zero-order chi connectivity index (χ0) is 11.7. The van der Waals surface area contributed by atoms with E-state index in [-0.39, 0.29) is 6.10 Å². The Morgan fingerprint density at radius 2 is 2.06 bits per heavy atom. The molecule has 0 aliphatic heterocycles. The van der Waals surface area contributed by atoms with E-state index in [0.29, 0.717) is 12.0 Å². The van der Waals surface area contributed by atoms with Crippen LogP contribution in [0.2, 0.25) is 0 Å². The van der Waals surface area contributed by atoms with Crippen molar-refractivity contribution in [2.75, 3.05) is 6.54 Å². The van der Waals surface area contributed by atoms with Gasteiger partial charge in [-0.15, -0.1) is 0 Å². The quantitative estimate of drug-likeness (QED) is 0.836. The van der Waals surface area contributed by atoms with E-state index in [4.69, 9.17) is 0 Å². The molecule has 0 radical (unpaired) electrons. The number of rotatable bonds is 3. The van der Waals surface area contributed by atoms with Crippen LogP contribution >= 0.6 is 0 Å². The molecule has 1 saturated carbocycles. The molecule has 0 amide bonds. The maximum absolute atomic E-state index is 9.27. The summed E-state index contributed by atoms with van der Waals surface area (Å²) in [6.07, 6.45) is 5.69. The van der Waals surface area contributed by atoms with Gasteiger partial charge in [-0.25, -0.2) is 0 Å². The van der Waals surface area contributed by atoms with Crippen molar-refractivity contribution >= 4 is 0 Å². The second-order valence-corrected chi connectivity index (χ2v) is 5.52. The molecule has 92 valence electrons. The van der Waals surface area contributed by atoms with Crippen molar-refractivity contribution in [1.82, 2.24) is 5.32 Å². The lowest BCUT2D eigenvalue weighted by molar-refractivity contribution is 0.0618. The van der Waals surface area contributed by atoms with E-state index in [1.54, 1.807) is 11.1 Å². The van der Waals surface area contributed by atoms with Crippen LogP contribution in [0.5, 0.6) is 0 Å². The molecule has 0 spiro atoms. The first-order valence-corrected chi connectivity index (χ1v) is 6.82. The summed E-state index contributed by atoms with van der Waals surface area (Å²) in [5, 5.41) is 12.9. The summed E-state index contributed by atoms with van der Waals surface area (Å²) in [7, 11) is 0. The van der Waals surface area contributed by atoms with Crippen molar-refractivity contribution in [1.29, 1.82) is 0 Å². The van der Waals surface area contributed by atoms with E-state index in [0.717, 1.165) is 19.4 Å². The molecule has 17 heavy (non-hydrogen) atoms. The van der Waals surface area contributed by atoms with Crippen molar-refractivity contribution in [2.24, 2.45) is 0 Å². The summed E-state index contributed by atoms with van der Waals surface area (Å²) in [6, 6.07) is 9.42. The molecule has 2 heteroatoms. The van der Waals surface area contributed by atoms with Crippen molar-refractivity contribution < 1.29 is 5.11 Å². The van der Waals surface area contributed by atoms with Crippen LogP contribution in [0, 0.1) is 0 Å². The number of aryl methyl sites for hydroxylation is 1. The van der Waals surface area contributed by atoms with Gasteiger partial charge in [-0.3, -0.25) is 0 Å². The molecule has 0 aromatic heterocycles. The van der Waals surface area contributed by atoms with Gasteiger partial charge in [-0.05, 0) is 49.1 Å². The van der Waals surface area contributed by atoms with Gasteiger partial charge in [0.15, 0.2) is 0 Å². The highest BCUT2D eigenvalue weighted by molar-refractivity contribution is 5.32. The highest BCUT2D eigenvalue weighted by atomic mass is 16.3. The van der Waals surface area contributed by atoms with E-state index >= 15 is 0 Å². The van der Waals surface area contributed by atoms with E-state index in [1.807, 2.05) is 0 Å². The Balaban J connectivity index is 1.61. The van der Waals surface area contributed by atoms with Gasteiger partial charge < -0.3 is 10.4 Å². The average Bonchev–Trinajstić information content (AvgIpc) is 2.33. The van der Waals surface area contributed by atoms with Crippen LogP contribution in [0.4, 0.5) is 0 Å². The van der Waals surface area contributed by atoms with E-state index in [2.05, 4.69) is 29.6 Å². The van der Waals surface area contributed by atoms with Gasteiger partial charge in [0.05, 0.1) is 6.10 Å². The molecule has 2 N–H and O–H groups in total. The molecule has 0 bridgehead atoms. The molecule has 0 heterocycles. The zero-order valence-electron chi connectivity index (χ0n) is 10.2. The first-order valence-electron chi connectivity index (χ1n) is 6.82. The largest absolute Gasteiger partial charge is 0.393 e. The Bertz CT molecular complexity index is 384. The number of aliphatic hydroxyl groups excluding tert-OH is 1. The zero-order valence-corrected chi connectivity index (χ0v) is 10.2. The Kier molecular flexibility index (Phi) is 3.17. The summed E-state index contributed by atoms with van der Waals surface area (Å²) in [5.41, 5.74) is 3.09. The molecule has 2 aliphatic carbocycles. The Hall–Kier alpha value is -0.860. The molecule has 0 saturated heterocycles. The van der Waals surface area contributed by atoms with Gasteiger partial charge in [-0.2, -0.15) is 0 Å². The highest BCUT2D eigenvalue weighted by Crippen LogP contribution is 2.31.